The normalized spacial score (nSPS) is 21.0. The van der Waals surface area contributed by atoms with Gasteiger partial charge in [-0.3, -0.25) is 0 Å². The summed E-state index contributed by atoms with van der Waals surface area (Å²) in [5, 5.41) is 0.985. The van der Waals surface area contributed by atoms with Crippen LogP contribution in [0.2, 0.25) is 0 Å². The van der Waals surface area contributed by atoms with Crippen molar-refractivity contribution in [1.29, 1.82) is 0 Å². The van der Waals surface area contributed by atoms with Crippen LogP contribution in [-0.4, -0.2) is 32.2 Å². The zero-order valence-electron chi connectivity index (χ0n) is 18.9. The molecule has 0 saturated carbocycles. The molecule has 0 bridgehead atoms. The molecular formula is C21H23BN4O. The standard InChI is InChI=1S/C21H23BN4O/c1-13-12-17-16-11-10-14(2)23-20(16)27-21(17)25(5)22(13)26-15(3)24(4)18-8-6-7-9-19(18)26/h6-12,15H,1-5H3/t15-/m0/s1/i4D3. The molecule has 3 aromatic rings. The number of nitrogens with zero attached hydrogens (tertiary/aromatic N) is 4. The lowest BCUT2D eigenvalue weighted by Gasteiger charge is -2.39. The second kappa shape index (κ2) is 5.55. The van der Waals surface area contributed by atoms with Gasteiger partial charge in [0.2, 0.25) is 5.71 Å². The molecule has 27 heavy (non-hydrogen) atoms. The summed E-state index contributed by atoms with van der Waals surface area (Å²) in [7, 11) is 1.99. The van der Waals surface area contributed by atoms with Gasteiger partial charge in [0.1, 0.15) is 0 Å². The largest absolute Gasteiger partial charge is 0.423 e. The Morgan fingerprint density at radius 3 is 2.70 bits per heavy atom. The fourth-order valence-corrected chi connectivity index (χ4v) is 4.35. The Morgan fingerprint density at radius 2 is 1.93 bits per heavy atom. The van der Waals surface area contributed by atoms with Crippen LogP contribution in [-0.2, 0) is 0 Å². The highest BCUT2D eigenvalue weighted by Gasteiger charge is 2.44. The van der Waals surface area contributed by atoms with Gasteiger partial charge in [-0.1, -0.05) is 23.7 Å². The number of fused-ring (bicyclic) bond motifs is 4. The highest BCUT2D eigenvalue weighted by atomic mass is 16.4. The summed E-state index contributed by atoms with van der Waals surface area (Å²) < 4.78 is 30.4. The molecule has 0 saturated heterocycles. The van der Waals surface area contributed by atoms with Gasteiger partial charge in [0.05, 0.1) is 17.5 Å². The van der Waals surface area contributed by atoms with Crippen LogP contribution in [0.5, 0.6) is 0 Å². The zero-order valence-corrected chi connectivity index (χ0v) is 15.9. The molecule has 1 atom stereocenters. The van der Waals surface area contributed by atoms with Crippen LogP contribution in [0.4, 0.5) is 17.3 Å². The van der Waals surface area contributed by atoms with E-state index in [0.29, 0.717) is 5.71 Å². The van der Waals surface area contributed by atoms with Gasteiger partial charge in [0.15, 0.2) is 5.88 Å². The van der Waals surface area contributed by atoms with E-state index in [1.54, 1.807) is 0 Å². The van der Waals surface area contributed by atoms with Crippen molar-refractivity contribution in [2.75, 3.05) is 28.5 Å². The molecule has 0 spiro atoms. The molecule has 6 heteroatoms. The van der Waals surface area contributed by atoms with E-state index < -0.39 is 6.98 Å². The molecule has 1 aromatic carbocycles. The third-order valence-corrected chi connectivity index (χ3v) is 5.64. The smallest absolute Gasteiger partial charge is 0.410 e. The van der Waals surface area contributed by atoms with Gasteiger partial charge in [-0.15, -0.1) is 0 Å². The molecule has 4 heterocycles. The highest BCUT2D eigenvalue weighted by Crippen LogP contribution is 2.44. The minimum atomic E-state index is -2.24. The minimum absolute atomic E-state index is 0.178. The van der Waals surface area contributed by atoms with Crippen molar-refractivity contribution in [3.63, 3.8) is 0 Å². The molecule has 5 rings (SSSR count). The molecule has 0 amide bonds. The summed E-state index contributed by atoms with van der Waals surface area (Å²) in [4.78, 5) is 10.3. The van der Waals surface area contributed by atoms with Gasteiger partial charge >= 0.3 is 6.98 Å². The number of rotatable bonds is 1. The first kappa shape index (κ1) is 13.3. The molecular weight excluding hydrogens is 335 g/mol. The average Bonchev–Trinajstić information content (AvgIpc) is 3.16. The van der Waals surface area contributed by atoms with Crippen molar-refractivity contribution in [2.24, 2.45) is 0 Å². The topological polar surface area (TPSA) is 35.8 Å². The first-order chi connectivity index (χ1) is 14.2. The number of anilines is 3. The van der Waals surface area contributed by atoms with E-state index >= 15 is 0 Å². The first-order valence-corrected chi connectivity index (χ1v) is 9.16. The second-order valence-corrected chi connectivity index (χ2v) is 7.40. The Balaban J connectivity index is 1.65. The van der Waals surface area contributed by atoms with E-state index in [-0.39, 0.29) is 13.1 Å². The van der Waals surface area contributed by atoms with Crippen molar-refractivity contribution < 1.29 is 8.53 Å². The molecule has 0 N–H and O–H groups in total. The van der Waals surface area contributed by atoms with Gasteiger partial charge in [-0.2, -0.15) is 0 Å². The number of furan rings is 1. The van der Waals surface area contributed by atoms with Gasteiger partial charge < -0.3 is 18.9 Å². The molecule has 0 unspecified atom stereocenters. The number of para-hydroxylation sites is 2. The number of allylic oxidation sites excluding steroid dienone is 1. The summed E-state index contributed by atoms with van der Waals surface area (Å²) in [5.41, 5.74) is 5.28. The summed E-state index contributed by atoms with van der Waals surface area (Å²) in [6.45, 7) is 3.55. The van der Waals surface area contributed by atoms with Gasteiger partial charge in [0.25, 0.3) is 0 Å². The SMILES string of the molecule is [2H]C([2H])([2H])N1c2ccccc2N(B2C(C)=Cc3c(oc4nc(C)ccc34)N2C)[C@H]1C. The summed E-state index contributed by atoms with van der Waals surface area (Å²) in [6.07, 6.45) is 1.79. The van der Waals surface area contributed by atoms with E-state index in [1.807, 2.05) is 57.3 Å². The fourth-order valence-electron chi connectivity index (χ4n) is 4.35. The van der Waals surface area contributed by atoms with E-state index in [2.05, 4.69) is 27.6 Å². The van der Waals surface area contributed by atoms with Crippen LogP contribution in [0.25, 0.3) is 17.2 Å². The van der Waals surface area contributed by atoms with Crippen LogP contribution in [0.3, 0.4) is 0 Å². The number of aryl methyl sites for hydroxylation is 1. The van der Waals surface area contributed by atoms with Crippen molar-refractivity contribution in [2.45, 2.75) is 26.9 Å². The predicted octanol–water partition coefficient (Wildman–Crippen LogP) is 4.32. The lowest BCUT2D eigenvalue weighted by Crippen LogP contribution is -2.58. The number of benzene rings is 1. The average molecular weight is 361 g/mol. The molecule has 136 valence electrons. The van der Waals surface area contributed by atoms with Crippen LogP contribution in [0.1, 0.15) is 29.2 Å². The van der Waals surface area contributed by atoms with Crippen LogP contribution < -0.4 is 14.5 Å². The van der Waals surface area contributed by atoms with Crippen molar-refractivity contribution in [3.8, 4) is 0 Å². The van der Waals surface area contributed by atoms with Crippen molar-refractivity contribution in [1.82, 2.24) is 4.98 Å². The summed E-state index contributed by atoms with van der Waals surface area (Å²) >= 11 is 0. The van der Waals surface area contributed by atoms with E-state index in [4.69, 9.17) is 8.53 Å². The van der Waals surface area contributed by atoms with Gasteiger partial charge in [0, 0.05) is 27.7 Å². The Bertz CT molecular complexity index is 1190. The zero-order chi connectivity index (χ0) is 21.4. The number of aromatic nitrogens is 1. The highest BCUT2D eigenvalue weighted by molar-refractivity contribution is 6.76. The van der Waals surface area contributed by atoms with E-state index in [0.717, 1.165) is 39.4 Å². The third kappa shape index (κ3) is 2.16. The maximum absolute atomic E-state index is 8.08. The van der Waals surface area contributed by atoms with Gasteiger partial charge in [-0.05, 0) is 52.1 Å². The maximum Gasteiger partial charge on any atom is 0.410 e. The lowest BCUT2D eigenvalue weighted by molar-refractivity contribution is 0.604. The third-order valence-electron chi connectivity index (χ3n) is 5.64. The summed E-state index contributed by atoms with van der Waals surface area (Å²) in [6, 6.07) is 11.7. The van der Waals surface area contributed by atoms with Crippen LogP contribution >= 0.6 is 0 Å². The quantitative estimate of drug-likeness (QED) is 0.604. The summed E-state index contributed by atoms with van der Waals surface area (Å²) in [5.74, 6) is 0.746. The monoisotopic (exact) mass is 361 g/mol. The number of pyridine rings is 1. The van der Waals surface area contributed by atoms with Crippen LogP contribution in [0.15, 0.2) is 46.3 Å². The molecule has 5 nitrogen and oxygen atoms in total. The number of hydrogen-bond donors (Lipinski definition) is 0. The van der Waals surface area contributed by atoms with Crippen molar-refractivity contribution >= 4 is 41.4 Å². The second-order valence-electron chi connectivity index (χ2n) is 7.40. The molecule has 2 aliphatic heterocycles. The molecule has 0 radical (unpaired) electrons. The van der Waals surface area contributed by atoms with E-state index in [1.165, 1.54) is 4.90 Å². The lowest BCUT2D eigenvalue weighted by atomic mass is 9.61. The Morgan fingerprint density at radius 1 is 1.15 bits per heavy atom. The maximum atomic E-state index is 8.08. The molecule has 0 fully saturated rings. The van der Waals surface area contributed by atoms with E-state index in [9.17, 15) is 0 Å². The molecule has 2 aliphatic rings. The van der Waals surface area contributed by atoms with Gasteiger partial charge in [-0.25, -0.2) is 4.98 Å². The Kier molecular flexibility index (Phi) is 2.74. The Hall–Kier alpha value is -2.89. The Labute approximate surface area is 164 Å². The first-order valence-electron chi connectivity index (χ1n) is 10.7. The predicted molar refractivity (Wildman–Crippen MR) is 113 cm³/mol. The van der Waals surface area contributed by atoms with Crippen LogP contribution in [0, 0.1) is 6.92 Å². The molecule has 0 aliphatic carbocycles. The fraction of sp³-hybridized carbons (Fsp3) is 0.286. The molecule has 2 aromatic heterocycles. The number of hydrogen-bond acceptors (Lipinski definition) is 5. The van der Waals surface area contributed by atoms with Crippen molar-refractivity contribution in [3.05, 3.63) is 53.1 Å². The minimum Gasteiger partial charge on any atom is -0.423 e.